The zero-order chi connectivity index (χ0) is 13.0. The molecule has 0 heterocycles. The van der Waals surface area contributed by atoms with Crippen LogP contribution < -0.4 is 5.32 Å². The summed E-state index contributed by atoms with van der Waals surface area (Å²) in [5.74, 6) is -1.10. The molecule has 0 bridgehead atoms. The fourth-order valence-corrected chi connectivity index (χ4v) is 1.84. The van der Waals surface area contributed by atoms with Crippen LogP contribution in [0, 0.1) is 11.6 Å². The van der Waals surface area contributed by atoms with E-state index in [1.54, 1.807) is 0 Å². The van der Waals surface area contributed by atoms with Gasteiger partial charge in [-0.3, -0.25) is 0 Å². The summed E-state index contributed by atoms with van der Waals surface area (Å²) in [5.41, 5.74) is 1.20. The predicted molar refractivity (Wildman–Crippen MR) is 67.2 cm³/mol. The molecule has 1 unspecified atom stereocenters. The van der Waals surface area contributed by atoms with E-state index in [1.165, 1.54) is 0 Å². The van der Waals surface area contributed by atoms with Crippen LogP contribution in [0.1, 0.15) is 31.9 Å². The van der Waals surface area contributed by atoms with Gasteiger partial charge in [-0.2, -0.15) is 0 Å². The second-order valence-corrected chi connectivity index (χ2v) is 4.47. The van der Waals surface area contributed by atoms with Gasteiger partial charge in [-0.05, 0) is 32.0 Å². The molecule has 0 aliphatic carbocycles. The van der Waals surface area contributed by atoms with Gasteiger partial charge in [0, 0.05) is 11.6 Å². The summed E-state index contributed by atoms with van der Waals surface area (Å²) in [4.78, 5) is 0. The van der Waals surface area contributed by atoms with E-state index < -0.39 is 11.6 Å². The van der Waals surface area contributed by atoms with E-state index in [-0.39, 0.29) is 16.6 Å². The highest BCUT2D eigenvalue weighted by atomic mass is 35.5. The topological polar surface area (TPSA) is 12.0 Å². The van der Waals surface area contributed by atoms with Crippen LogP contribution in [0.15, 0.2) is 24.3 Å². The lowest BCUT2D eigenvalue weighted by molar-refractivity contribution is 0.501. The molecular weight excluding hydrogens is 244 g/mol. The number of halogens is 3. The molecule has 0 aliphatic heterocycles. The van der Waals surface area contributed by atoms with Crippen molar-refractivity contribution in [2.45, 2.75) is 26.3 Å². The Bertz CT molecular complexity index is 418. The first-order chi connectivity index (χ1) is 7.95. The van der Waals surface area contributed by atoms with E-state index in [1.807, 2.05) is 13.8 Å². The van der Waals surface area contributed by atoms with Gasteiger partial charge in [-0.1, -0.05) is 24.1 Å². The van der Waals surface area contributed by atoms with Crippen LogP contribution in [-0.4, -0.2) is 6.54 Å². The Morgan fingerprint density at radius 1 is 1.41 bits per heavy atom. The summed E-state index contributed by atoms with van der Waals surface area (Å²) in [6.07, 6.45) is 0.561. The molecule has 0 radical (unpaired) electrons. The molecule has 1 N–H and O–H groups in total. The standard InChI is InChI=1S/C13H16ClF2N/c1-4-17-13(5-8(2)3)9-6-12(16)10(14)7-11(9)15/h6-7,13,17H,2,4-5H2,1,3H3. The SMILES string of the molecule is C=C(C)CC(NCC)c1cc(F)c(Cl)cc1F. The van der Waals surface area contributed by atoms with Crippen LogP contribution in [0.25, 0.3) is 0 Å². The van der Waals surface area contributed by atoms with Crippen molar-refractivity contribution < 1.29 is 8.78 Å². The maximum atomic E-state index is 13.7. The van der Waals surface area contributed by atoms with E-state index in [0.29, 0.717) is 13.0 Å². The molecule has 4 heteroatoms. The molecule has 1 aromatic rings. The fourth-order valence-electron chi connectivity index (χ4n) is 1.69. The molecule has 0 saturated heterocycles. The van der Waals surface area contributed by atoms with Crippen molar-refractivity contribution in [2.24, 2.45) is 0 Å². The van der Waals surface area contributed by atoms with Crippen molar-refractivity contribution in [3.63, 3.8) is 0 Å². The van der Waals surface area contributed by atoms with Gasteiger partial charge in [0.15, 0.2) is 0 Å². The van der Waals surface area contributed by atoms with Gasteiger partial charge < -0.3 is 5.32 Å². The lowest BCUT2D eigenvalue weighted by Crippen LogP contribution is -2.22. The zero-order valence-corrected chi connectivity index (χ0v) is 10.7. The van der Waals surface area contributed by atoms with Crippen molar-refractivity contribution >= 4 is 11.6 Å². The lowest BCUT2D eigenvalue weighted by atomic mass is 9.99. The Morgan fingerprint density at radius 3 is 2.59 bits per heavy atom. The molecule has 0 aliphatic rings. The van der Waals surface area contributed by atoms with E-state index in [0.717, 1.165) is 17.7 Å². The molecule has 0 fully saturated rings. The van der Waals surface area contributed by atoms with Crippen molar-refractivity contribution in [3.05, 3.63) is 46.5 Å². The largest absolute Gasteiger partial charge is 0.310 e. The molecule has 1 rings (SSSR count). The molecule has 1 atom stereocenters. The third-order valence-electron chi connectivity index (χ3n) is 2.42. The van der Waals surface area contributed by atoms with E-state index in [2.05, 4.69) is 11.9 Å². The molecule has 0 saturated carbocycles. The number of benzene rings is 1. The average Bonchev–Trinajstić information content (AvgIpc) is 2.22. The predicted octanol–water partition coefficient (Wildman–Crippen LogP) is 4.24. The monoisotopic (exact) mass is 259 g/mol. The van der Waals surface area contributed by atoms with E-state index in [9.17, 15) is 8.78 Å². The van der Waals surface area contributed by atoms with Crippen molar-refractivity contribution in [1.29, 1.82) is 0 Å². The quantitative estimate of drug-likeness (QED) is 0.616. The summed E-state index contributed by atoms with van der Waals surface area (Å²) in [6, 6.07) is 1.88. The number of nitrogens with one attached hydrogen (secondary N) is 1. The minimum atomic E-state index is -0.604. The Kier molecular flexibility index (Phi) is 5.09. The second kappa shape index (κ2) is 6.12. The first-order valence-electron chi connectivity index (χ1n) is 5.48. The Labute approximate surface area is 105 Å². The summed E-state index contributed by atoms with van der Waals surface area (Å²) >= 11 is 5.52. The maximum Gasteiger partial charge on any atom is 0.142 e. The van der Waals surface area contributed by atoms with Gasteiger partial charge >= 0.3 is 0 Å². The number of hydrogen-bond donors (Lipinski definition) is 1. The van der Waals surface area contributed by atoms with Crippen LogP contribution in [0.5, 0.6) is 0 Å². The molecule has 0 spiro atoms. The van der Waals surface area contributed by atoms with Gasteiger partial charge in [-0.25, -0.2) is 8.78 Å². The minimum Gasteiger partial charge on any atom is -0.310 e. The Morgan fingerprint density at radius 2 is 2.06 bits per heavy atom. The van der Waals surface area contributed by atoms with Crippen LogP contribution in [0.2, 0.25) is 5.02 Å². The van der Waals surface area contributed by atoms with Crippen molar-refractivity contribution in [1.82, 2.24) is 5.32 Å². The van der Waals surface area contributed by atoms with Gasteiger partial charge in [0.2, 0.25) is 0 Å². The molecule has 17 heavy (non-hydrogen) atoms. The third-order valence-corrected chi connectivity index (χ3v) is 2.71. The first kappa shape index (κ1) is 14.1. The lowest BCUT2D eigenvalue weighted by Gasteiger charge is -2.19. The van der Waals surface area contributed by atoms with Crippen molar-refractivity contribution in [2.75, 3.05) is 6.54 Å². The highest BCUT2D eigenvalue weighted by Gasteiger charge is 2.17. The minimum absolute atomic E-state index is 0.197. The van der Waals surface area contributed by atoms with Gasteiger partial charge in [-0.15, -0.1) is 6.58 Å². The Hall–Kier alpha value is -0.930. The van der Waals surface area contributed by atoms with Crippen LogP contribution in [0.3, 0.4) is 0 Å². The summed E-state index contributed by atoms with van der Waals surface area (Å²) in [6.45, 7) is 8.23. The summed E-state index contributed by atoms with van der Waals surface area (Å²) < 4.78 is 27.1. The van der Waals surface area contributed by atoms with Crippen LogP contribution >= 0.6 is 11.6 Å². The number of hydrogen-bond acceptors (Lipinski definition) is 1. The third kappa shape index (κ3) is 3.79. The molecule has 0 amide bonds. The first-order valence-corrected chi connectivity index (χ1v) is 5.85. The van der Waals surface area contributed by atoms with Crippen LogP contribution in [-0.2, 0) is 0 Å². The summed E-state index contributed by atoms with van der Waals surface area (Å²) in [5, 5.41) is 2.91. The Balaban J connectivity index is 3.08. The normalized spacial score (nSPS) is 12.5. The smallest absolute Gasteiger partial charge is 0.142 e. The highest BCUT2D eigenvalue weighted by Crippen LogP contribution is 2.27. The molecule has 94 valence electrons. The number of rotatable bonds is 5. The molecule has 0 aromatic heterocycles. The molecule has 1 aromatic carbocycles. The molecule has 1 nitrogen and oxygen atoms in total. The zero-order valence-electron chi connectivity index (χ0n) is 9.99. The summed E-state index contributed by atoms with van der Waals surface area (Å²) in [7, 11) is 0. The van der Waals surface area contributed by atoms with Gasteiger partial charge in [0.1, 0.15) is 11.6 Å². The van der Waals surface area contributed by atoms with Gasteiger partial charge in [0.05, 0.1) is 5.02 Å². The van der Waals surface area contributed by atoms with Crippen LogP contribution in [0.4, 0.5) is 8.78 Å². The molecular formula is C13H16ClF2N. The average molecular weight is 260 g/mol. The van der Waals surface area contributed by atoms with E-state index in [4.69, 9.17) is 11.6 Å². The van der Waals surface area contributed by atoms with E-state index >= 15 is 0 Å². The maximum absolute atomic E-state index is 13.7. The second-order valence-electron chi connectivity index (χ2n) is 4.06. The highest BCUT2D eigenvalue weighted by molar-refractivity contribution is 6.30. The fraction of sp³-hybridized carbons (Fsp3) is 0.385. The van der Waals surface area contributed by atoms with Crippen molar-refractivity contribution in [3.8, 4) is 0 Å². The van der Waals surface area contributed by atoms with Gasteiger partial charge in [0.25, 0.3) is 0 Å².